The number of carbonyl (C=O) groups is 1. The van der Waals surface area contributed by atoms with E-state index in [0.717, 1.165) is 54.1 Å². The number of nitrogens with zero attached hydrogens (tertiary/aromatic N) is 6. The lowest BCUT2D eigenvalue weighted by Crippen LogP contribution is -2.49. The third-order valence-corrected chi connectivity index (χ3v) is 6.56. The topological polar surface area (TPSA) is 94.8 Å². The first-order valence-electron chi connectivity index (χ1n) is 12.8. The van der Waals surface area contributed by atoms with Gasteiger partial charge in [-0.1, -0.05) is 31.9 Å². The molecule has 1 aliphatic rings. The Balaban J connectivity index is 1.47. The van der Waals surface area contributed by atoms with Crippen molar-refractivity contribution in [1.82, 2.24) is 25.1 Å². The summed E-state index contributed by atoms with van der Waals surface area (Å²) in [6, 6.07) is 11.7. The van der Waals surface area contributed by atoms with E-state index in [1.165, 1.54) is 0 Å². The Morgan fingerprint density at radius 2 is 1.81 bits per heavy atom. The van der Waals surface area contributed by atoms with Crippen molar-refractivity contribution < 1.29 is 19.0 Å². The standard InChI is InChI=1S/C27H36N6O4/c1-5-6-7-15-37-25-18-22(11-12-23(25)35-3)33-14-8-13-32(27(33)34)19-21-10-9-20(16-24(21)36-4)17-26-28-29-30-31(26)2/h9-12,16,18H,5-8,13-15,17,19H2,1-4H3. The van der Waals surface area contributed by atoms with Crippen LogP contribution in [0, 0.1) is 0 Å². The number of rotatable bonds is 12. The first-order chi connectivity index (χ1) is 18.0. The van der Waals surface area contributed by atoms with Crippen molar-refractivity contribution in [2.75, 3.05) is 38.8 Å². The van der Waals surface area contributed by atoms with Crippen LogP contribution in [0.3, 0.4) is 0 Å². The lowest BCUT2D eigenvalue weighted by Gasteiger charge is -2.36. The number of anilines is 1. The number of ether oxygens (including phenoxy) is 3. The zero-order chi connectivity index (χ0) is 26.2. The first kappa shape index (κ1) is 26.2. The third kappa shape index (κ3) is 6.31. The molecule has 1 saturated heterocycles. The van der Waals surface area contributed by atoms with E-state index in [-0.39, 0.29) is 6.03 Å². The van der Waals surface area contributed by atoms with Crippen LogP contribution in [0.15, 0.2) is 36.4 Å². The van der Waals surface area contributed by atoms with E-state index >= 15 is 0 Å². The maximum atomic E-state index is 13.5. The Hall–Kier alpha value is -3.82. The van der Waals surface area contributed by atoms with Gasteiger partial charge >= 0.3 is 6.03 Å². The molecule has 0 spiro atoms. The van der Waals surface area contributed by atoms with E-state index in [2.05, 4.69) is 22.4 Å². The van der Waals surface area contributed by atoms with Crippen LogP contribution >= 0.6 is 0 Å². The second-order valence-corrected chi connectivity index (χ2v) is 9.14. The fourth-order valence-electron chi connectivity index (χ4n) is 4.46. The number of hydrogen-bond acceptors (Lipinski definition) is 7. The number of hydrogen-bond donors (Lipinski definition) is 0. The quantitative estimate of drug-likeness (QED) is 0.338. The van der Waals surface area contributed by atoms with Gasteiger partial charge in [0, 0.05) is 43.9 Å². The molecule has 3 aromatic rings. The lowest BCUT2D eigenvalue weighted by molar-refractivity contribution is 0.191. The van der Waals surface area contributed by atoms with Gasteiger partial charge in [-0.3, -0.25) is 4.90 Å². The van der Waals surface area contributed by atoms with Crippen LogP contribution in [-0.4, -0.2) is 65.1 Å². The second-order valence-electron chi connectivity index (χ2n) is 9.14. The maximum absolute atomic E-state index is 13.5. The minimum absolute atomic E-state index is 0.0374. The molecule has 0 aliphatic carbocycles. The van der Waals surface area contributed by atoms with Crippen molar-refractivity contribution >= 4 is 11.7 Å². The van der Waals surface area contributed by atoms with Crippen molar-refractivity contribution in [2.45, 2.75) is 45.6 Å². The highest BCUT2D eigenvalue weighted by atomic mass is 16.5. The highest BCUT2D eigenvalue weighted by Crippen LogP contribution is 2.34. The monoisotopic (exact) mass is 508 g/mol. The van der Waals surface area contributed by atoms with Crippen molar-refractivity contribution in [3.05, 3.63) is 53.3 Å². The van der Waals surface area contributed by atoms with Gasteiger partial charge in [-0.25, -0.2) is 9.48 Å². The minimum Gasteiger partial charge on any atom is -0.496 e. The van der Waals surface area contributed by atoms with Gasteiger partial charge in [-0.05, 0) is 47.0 Å². The van der Waals surface area contributed by atoms with Gasteiger partial charge in [-0.15, -0.1) is 5.10 Å². The summed E-state index contributed by atoms with van der Waals surface area (Å²) < 4.78 is 18.8. The van der Waals surface area contributed by atoms with Crippen molar-refractivity contribution in [1.29, 1.82) is 0 Å². The van der Waals surface area contributed by atoms with E-state index in [1.54, 1.807) is 18.9 Å². The molecule has 0 unspecified atom stereocenters. The van der Waals surface area contributed by atoms with Gasteiger partial charge in [0.15, 0.2) is 17.3 Å². The molecule has 0 radical (unpaired) electrons. The largest absolute Gasteiger partial charge is 0.496 e. The number of amides is 2. The summed E-state index contributed by atoms with van der Waals surface area (Å²) in [7, 11) is 5.10. The number of carbonyl (C=O) groups excluding carboxylic acids is 1. The Kier molecular flexibility index (Phi) is 8.81. The molecular weight excluding hydrogens is 472 g/mol. The number of benzene rings is 2. The molecule has 10 heteroatoms. The minimum atomic E-state index is -0.0374. The zero-order valence-corrected chi connectivity index (χ0v) is 22.1. The average molecular weight is 509 g/mol. The highest BCUT2D eigenvalue weighted by Gasteiger charge is 2.28. The molecular formula is C27H36N6O4. The Morgan fingerprint density at radius 3 is 2.54 bits per heavy atom. The van der Waals surface area contributed by atoms with Crippen LogP contribution in [0.4, 0.5) is 10.5 Å². The number of urea groups is 1. The molecule has 2 heterocycles. The molecule has 1 aromatic heterocycles. The molecule has 4 rings (SSSR count). The number of tetrazole rings is 1. The average Bonchev–Trinajstić information content (AvgIpc) is 3.32. The molecule has 0 saturated carbocycles. The van der Waals surface area contributed by atoms with Gasteiger partial charge in [0.2, 0.25) is 0 Å². The molecule has 10 nitrogen and oxygen atoms in total. The van der Waals surface area contributed by atoms with E-state index in [9.17, 15) is 4.79 Å². The predicted molar refractivity (Wildman–Crippen MR) is 140 cm³/mol. The smallest absolute Gasteiger partial charge is 0.324 e. The molecule has 2 amide bonds. The normalized spacial score (nSPS) is 13.7. The zero-order valence-electron chi connectivity index (χ0n) is 22.1. The van der Waals surface area contributed by atoms with Gasteiger partial charge in [0.25, 0.3) is 0 Å². The molecule has 2 aromatic carbocycles. The number of unbranched alkanes of at least 4 members (excludes halogenated alkanes) is 2. The van der Waals surface area contributed by atoms with Gasteiger partial charge < -0.3 is 19.1 Å². The number of methoxy groups -OCH3 is 2. The van der Waals surface area contributed by atoms with Gasteiger partial charge in [0.05, 0.1) is 27.4 Å². The van der Waals surface area contributed by atoms with Crippen molar-refractivity contribution in [3.8, 4) is 17.2 Å². The van der Waals surface area contributed by atoms with E-state index in [0.29, 0.717) is 44.2 Å². The molecule has 0 N–H and O–H groups in total. The van der Waals surface area contributed by atoms with E-state index in [4.69, 9.17) is 14.2 Å². The summed E-state index contributed by atoms with van der Waals surface area (Å²) in [5.74, 6) is 2.84. The third-order valence-electron chi connectivity index (χ3n) is 6.56. The van der Waals surface area contributed by atoms with Crippen LogP contribution in [0.1, 0.15) is 49.6 Å². The summed E-state index contributed by atoms with van der Waals surface area (Å²) in [6.45, 7) is 4.58. The summed E-state index contributed by atoms with van der Waals surface area (Å²) in [6.07, 6.45) is 4.69. The van der Waals surface area contributed by atoms with Gasteiger partial charge in [-0.2, -0.15) is 0 Å². The Labute approximate surface area is 218 Å². The van der Waals surface area contributed by atoms with Crippen LogP contribution in [-0.2, 0) is 20.0 Å². The lowest BCUT2D eigenvalue weighted by atomic mass is 10.1. The molecule has 1 aliphatic heterocycles. The summed E-state index contributed by atoms with van der Waals surface area (Å²) in [5, 5.41) is 11.6. The fraction of sp³-hybridized carbons (Fsp3) is 0.481. The van der Waals surface area contributed by atoms with E-state index in [1.807, 2.05) is 53.2 Å². The molecule has 198 valence electrons. The summed E-state index contributed by atoms with van der Waals surface area (Å²) >= 11 is 0. The fourth-order valence-corrected chi connectivity index (χ4v) is 4.46. The maximum Gasteiger partial charge on any atom is 0.324 e. The van der Waals surface area contributed by atoms with Crippen LogP contribution in [0.2, 0.25) is 0 Å². The molecule has 1 fully saturated rings. The van der Waals surface area contributed by atoms with E-state index < -0.39 is 0 Å². The van der Waals surface area contributed by atoms with Crippen molar-refractivity contribution in [3.63, 3.8) is 0 Å². The summed E-state index contributed by atoms with van der Waals surface area (Å²) in [4.78, 5) is 17.2. The number of aromatic nitrogens is 4. The predicted octanol–water partition coefficient (Wildman–Crippen LogP) is 4.22. The van der Waals surface area contributed by atoms with Crippen LogP contribution in [0.5, 0.6) is 17.2 Å². The number of aryl methyl sites for hydroxylation is 1. The Bertz CT molecular complexity index is 1200. The van der Waals surface area contributed by atoms with Crippen LogP contribution < -0.4 is 19.1 Å². The SMILES string of the molecule is CCCCCOc1cc(N2CCCN(Cc3ccc(Cc4nnnn4C)cc3OC)C2=O)ccc1OC. The summed E-state index contributed by atoms with van der Waals surface area (Å²) in [5.41, 5.74) is 2.79. The molecule has 37 heavy (non-hydrogen) atoms. The van der Waals surface area contributed by atoms with Crippen molar-refractivity contribution in [2.24, 2.45) is 7.05 Å². The highest BCUT2D eigenvalue weighted by molar-refractivity contribution is 5.93. The van der Waals surface area contributed by atoms with Gasteiger partial charge in [0.1, 0.15) is 5.75 Å². The first-order valence-corrected chi connectivity index (χ1v) is 12.8. The molecule has 0 atom stereocenters. The van der Waals surface area contributed by atoms with Crippen LogP contribution in [0.25, 0.3) is 0 Å². The Morgan fingerprint density at radius 1 is 0.973 bits per heavy atom. The second kappa shape index (κ2) is 12.4. The molecule has 0 bridgehead atoms.